The highest BCUT2D eigenvalue weighted by Gasteiger charge is 2.32. The molecule has 0 unspecified atom stereocenters. The number of nitrogens with one attached hydrogen (secondary N) is 2. The quantitative estimate of drug-likeness (QED) is 0.873. The summed E-state index contributed by atoms with van der Waals surface area (Å²) >= 11 is 0. The summed E-state index contributed by atoms with van der Waals surface area (Å²) in [6, 6.07) is 13.9. The molecule has 130 valence electrons. The van der Waals surface area contributed by atoms with Crippen molar-refractivity contribution < 1.29 is 9.53 Å². The van der Waals surface area contributed by atoms with Gasteiger partial charge in [-0.2, -0.15) is 0 Å². The number of benzene rings is 2. The van der Waals surface area contributed by atoms with Gasteiger partial charge in [-0.15, -0.1) is 12.4 Å². The molecule has 0 saturated carbocycles. The molecule has 2 N–H and O–H groups in total. The molecule has 4 nitrogen and oxygen atoms in total. The minimum Gasteiger partial charge on any atom is -0.384 e. The van der Waals surface area contributed by atoms with E-state index in [0.29, 0.717) is 13.2 Å². The van der Waals surface area contributed by atoms with Crippen LogP contribution in [0.1, 0.15) is 23.2 Å². The Morgan fingerprint density at radius 1 is 1.17 bits per heavy atom. The first kappa shape index (κ1) is 18.7. The van der Waals surface area contributed by atoms with Gasteiger partial charge in [0.2, 0.25) is 0 Å². The molecule has 24 heavy (non-hydrogen) atoms. The number of amides is 1. The maximum Gasteiger partial charge on any atom is 0.251 e. The molecule has 1 aliphatic heterocycles. The van der Waals surface area contributed by atoms with E-state index in [1.165, 1.54) is 0 Å². The van der Waals surface area contributed by atoms with E-state index in [9.17, 15) is 4.79 Å². The van der Waals surface area contributed by atoms with Crippen LogP contribution in [0.15, 0.2) is 42.5 Å². The summed E-state index contributed by atoms with van der Waals surface area (Å²) in [7, 11) is 1.73. The zero-order valence-corrected chi connectivity index (χ0v) is 14.8. The average molecular weight is 349 g/mol. The Balaban J connectivity index is 0.00000208. The summed E-state index contributed by atoms with van der Waals surface area (Å²) in [6.45, 7) is 3.30. The molecule has 0 bridgehead atoms. The Morgan fingerprint density at radius 3 is 2.62 bits per heavy atom. The van der Waals surface area contributed by atoms with Crippen LogP contribution in [0, 0.1) is 5.41 Å². The lowest BCUT2D eigenvalue weighted by atomic mass is 9.79. The molecule has 0 aliphatic carbocycles. The normalized spacial score (nSPS) is 16.4. The first-order valence-corrected chi connectivity index (χ1v) is 8.20. The monoisotopic (exact) mass is 348 g/mol. The SMILES string of the molecule is COCC1(CNC(=O)c2cccc3ccccc23)CCNCC1.Cl. The van der Waals surface area contributed by atoms with Crippen molar-refractivity contribution in [3.8, 4) is 0 Å². The number of hydrogen-bond donors (Lipinski definition) is 2. The first-order valence-electron chi connectivity index (χ1n) is 8.20. The van der Waals surface area contributed by atoms with Crippen molar-refractivity contribution in [2.45, 2.75) is 12.8 Å². The Hall–Kier alpha value is -1.62. The summed E-state index contributed by atoms with van der Waals surface area (Å²) in [5, 5.41) is 8.60. The number of piperidine rings is 1. The first-order chi connectivity index (χ1) is 11.2. The van der Waals surface area contributed by atoms with E-state index < -0.39 is 0 Å². The Morgan fingerprint density at radius 2 is 1.88 bits per heavy atom. The number of halogens is 1. The molecular weight excluding hydrogens is 324 g/mol. The van der Waals surface area contributed by atoms with Crippen molar-refractivity contribution in [2.24, 2.45) is 5.41 Å². The summed E-state index contributed by atoms with van der Waals surface area (Å²) < 4.78 is 5.41. The molecule has 0 radical (unpaired) electrons. The fourth-order valence-corrected chi connectivity index (χ4v) is 3.42. The maximum absolute atomic E-state index is 12.7. The molecule has 2 aromatic rings. The second-order valence-electron chi connectivity index (χ2n) is 6.39. The molecule has 5 heteroatoms. The number of carbonyl (C=O) groups excluding carboxylic acids is 1. The molecule has 0 aromatic heterocycles. The molecule has 1 saturated heterocycles. The zero-order chi connectivity index (χ0) is 16.1. The van der Waals surface area contributed by atoms with E-state index >= 15 is 0 Å². The fraction of sp³-hybridized carbons (Fsp3) is 0.421. The lowest BCUT2D eigenvalue weighted by molar-refractivity contribution is 0.0512. The van der Waals surface area contributed by atoms with Gasteiger partial charge in [0.05, 0.1) is 6.61 Å². The van der Waals surface area contributed by atoms with Crippen molar-refractivity contribution in [2.75, 3.05) is 33.4 Å². The van der Waals surface area contributed by atoms with Gasteiger partial charge in [0.25, 0.3) is 5.91 Å². The molecule has 1 aliphatic rings. The van der Waals surface area contributed by atoms with Crippen LogP contribution in [-0.4, -0.2) is 39.3 Å². The molecule has 1 heterocycles. The van der Waals surface area contributed by atoms with Gasteiger partial charge in [-0.05, 0) is 42.8 Å². The second kappa shape index (κ2) is 8.47. The van der Waals surface area contributed by atoms with Gasteiger partial charge >= 0.3 is 0 Å². The number of rotatable bonds is 5. The molecule has 0 spiro atoms. The van der Waals surface area contributed by atoms with Crippen molar-refractivity contribution in [3.05, 3.63) is 48.0 Å². The molecular formula is C19H25ClN2O2. The van der Waals surface area contributed by atoms with Gasteiger partial charge in [-0.3, -0.25) is 4.79 Å². The highest BCUT2D eigenvalue weighted by Crippen LogP contribution is 2.28. The third-order valence-electron chi connectivity index (χ3n) is 4.77. The standard InChI is InChI=1S/C19H24N2O2.ClH/c1-23-14-19(9-11-20-12-10-19)13-21-18(22)17-8-4-6-15-5-2-3-7-16(15)17;/h2-8,20H,9-14H2,1H3,(H,21,22);1H. The van der Waals surface area contributed by atoms with Gasteiger partial charge in [0.1, 0.15) is 0 Å². The molecule has 2 aromatic carbocycles. The van der Waals surface area contributed by atoms with E-state index in [2.05, 4.69) is 10.6 Å². The van der Waals surface area contributed by atoms with Crippen LogP contribution < -0.4 is 10.6 Å². The summed E-state index contributed by atoms with van der Waals surface area (Å²) in [6.07, 6.45) is 2.05. The third kappa shape index (κ3) is 4.07. The average Bonchev–Trinajstić information content (AvgIpc) is 2.60. The molecule has 0 atom stereocenters. The minimum atomic E-state index is -0.00388. The Kier molecular flexibility index (Phi) is 6.60. The molecule has 1 amide bonds. The van der Waals surface area contributed by atoms with E-state index in [0.717, 1.165) is 42.3 Å². The van der Waals surface area contributed by atoms with E-state index in [-0.39, 0.29) is 23.7 Å². The van der Waals surface area contributed by atoms with E-state index in [1.807, 2.05) is 42.5 Å². The van der Waals surface area contributed by atoms with Gasteiger partial charge in [-0.25, -0.2) is 0 Å². The van der Waals surface area contributed by atoms with Crippen LogP contribution in [0.4, 0.5) is 0 Å². The minimum absolute atomic E-state index is 0. The van der Waals surface area contributed by atoms with Crippen molar-refractivity contribution >= 4 is 29.1 Å². The Labute approximate surface area is 149 Å². The summed E-state index contributed by atoms with van der Waals surface area (Å²) in [5.41, 5.74) is 0.782. The topological polar surface area (TPSA) is 50.4 Å². The number of carbonyl (C=O) groups is 1. The van der Waals surface area contributed by atoms with Gasteiger partial charge < -0.3 is 15.4 Å². The van der Waals surface area contributed by atoms with Crippen molar-refractivity contribution in [3.63, 3.8) is 0 Å². The summed E-state index contributed by atoms with van der Waals surface area (Å²) in [5.74, 6) is -0.00388. The molecule has 3 rings (SSSR count). The summed E-state index contributed by atoms with van der Waals surface area (Å²) in [4.78, 5) is 12.7. The van der Waals surface area contributed by atoms with Crippen LogP contribution in [-0.2, 0) is 4.74 Å². The lowest BCUT2D eigenvalue weighted by Gasteiger charge is -2.37. The van der Waals surface area contributed by atoms with Crippen molar-refractivity contribution in [1.82, 2.24) is 10.6 Å². The largest absolute Gasteiger partial charge is 0.384 e. The van der Waals surface area contributed by atoms with Crippen LogP contribution >= 0.6 is 12.4 Å². The lowest BCUT2D eigenvalue weighted by Crippen LogP contribution is -2.47. The zero-order valence-electron chi connectivity index (χ0n) is 14.0. The molecule has 1 fully saturated rings. The third-order valence-corrected chi connectivity index (χ3v) is 4.77. The Bertz CT molecular complexity index is 673. The van der Waals surface area contributed by atoms with Gasteiger partial charge in [0, 0.05) is 24.6 Å². The van der Waals surface area contributed by atoms with Crippen LogP contribution in [0.5, 0.6) is 0 Å². The second-order valence-corrected chi connectivity index (χ2v) is 6.39. The highest BCUT2D eigenvalue weighted by atomic mass is 35.5. The number of ether oxygens (including phenoxy) is 1. The predicted molar refractivity (Wildman–Crippen MR) is 99.9 cm³/mol. The number of fused-ring (bicyclic) bond motifs is 1. The van der Waals surface area contributed by atoms with E-state index in [4.69, 9.17) is 4.74 Å². The van der Waals surface area contributed by atoms with Crippen LogP contribution in [0.25, 0.3) is 10.8 Å². The maximum atomic E-state index is 12.7. The van der Waals surface area contributed by atoms with Gasteiger partial charge in [0.15, 0.2) is 0 Å². The number of methoxy groups -OCH3 is 1. The number of hydrogen-bond acceptors (Lipinski definition) is 3. The van der Waals surface area contributed by atoms with Gasteiger partial charge in [-0.1, -0.05) is 36.4 Å². The van der Waals surface area contributed by atoms with Crippen LogP contribution in [0.2, 0.25) is 0 Å². The smallest absolute Gasteiger partial charge is 0.251 e. The van der Waals surface area contributed by atoms with Crippen molar-refractivity contribution in [1.29, 1.82) is 0 Å². The highest BCUT2D eigenvalue weighted by molar-refractivity contribution is 6.07. The fourth-order valence-electron chi connectivity index (χ4n) is 3.42. The van der Waals surface area contributed by atoms with Crippen LogP contribution in [0.3, 0.4) is 0 Å². The van der Waals surface area contributed by atoms with E-state index in [1.54, 1.807) is 7.11 Å². The predicted octanol–water partition coefficient (Wildman–Crippen LogP) is 3.01.